The molecule has 0 spiro atoms. The van der Waals surface area contributed by atoms with Crippen LogP contribution in [0, 0.1) is 0 Å². The molecule has 7 heteroatoms. The number of thiazole rings is 1. The van der Waals surface area contributed by atoms with E-state index in [1.807, 2.05) is 18.4 Å². The molecule has 0 N–H and O–H groups in total. The highest BCUT2D eigenvalue weighted by Gasteiger charge is 2.19. The molecule has 0 radical (unpaired) electrons. The second-order valence-corrected chi connectivity index (χ2v) is 6.61. The van der Waals surface area contributed by atoms with Crippen LogP contribution in [0.4, 0.5) is 5.13 Å². The van der Waals surface area contributed by atoms with Gasteiger partial charge in [-0.25, -0.2) is 4.98 Å². The number of amides is 1. The maximum atomic E-state index is 12.3. The fraction of sp³-hybridized carbons (Fsp3) is 0.375. The van der Waals surface area contributed by atoms with Crippen molar-refractivity contribution in [3.05, 3.63) is 33.6 Å². The lowest BCUT2D eigenvalue weighted by molar-refractivity contribution is -0.119. The first kappa shape index (κ1) is 18.2. The summed E-state index contributed by atoms with van der Waals surface area (Å²) in [7, 11) is 1.58. The lowest BCUT2D eigenvalue weighted by atomic mass is 10.2. The number of benzene rings is 1. The van der Waals surface area contributed by atoms with E-state index in [9.17, 15) is 4.79 Å². The maximum Gasteiger partial charge on any atom is 0.231 e. The molecule has 0 atom stereocenters. The molecule has 0 aliphatic heterocycles. The molecule has 1 aromatic carbocycles. The molecule has 0 unspecified atom stereocenters. The van der Waals surface area contributed by atoms with E-state index in [1.54, 1.807) is 24.1 Å². The number of rotatable bonds is 7. The second-order valence-electron chi connectivity index (χ2n) is 4.93. The lowest BCUT2D eigenvalue weighted by Crippen LogP contribution is -2.32. The number of carbonyl (C=O) groups excluding carboxylic acids is 1. The normalized spacial score (nSPS) is 10.8. The summed E-state index contributed by atoms with van der Waals surface area (Å²) in [5.74, 6) is 0.0109. The molecule has 124 valence electrons. The van der Waals surface area contributed by atoms with Crippen LogP contribution in [0.2, 0.25) is 10.0 Å². The first-order valence-electron chi connectivity index (χ1n) is 7.27. The van der Waals surface area contributed by atoms with Crippen LogP contribution in [0.25, 0.3) is 11.3 Å². The van der Waals surface area contributed by atoms with Crippen LogP contribution in [0.1, 0.15) is 19.8 Å². The molecule has 0 aliphatic carbocycles. The molecule has 0 saturated carbocycles. The van der Waals surface area contributed by atoms with Gasteiger partial charge in [-0.3, -0.25) is 9.69 Å². The highest BCUT2D eigenvalue weighted by Crippen LogP contribution is 2.33. The van der Waals surface area contributed by atoms with Crippen LogP contribution in [-0.4, -0.2) is 31.2 Å². The number of methoxy groups -OCH3 is 1. The number of aromatic nitrogens is 1. The van der Waals surface area contributed by atoms with E-state index in [0.717, 1.165) is 17.7 Å². The number of hydrogen-bond donors (Lipinski definition) is 0. The molecule has 0 bridgehead atoms. The Hall–Kier alpha value is -1.14. The number of ether oxygens (including phenoxy) is 1. The van der Waals surface area contributed by atoms with Gasteiger partial charge in [-0.05, 0) is 24.6 Å². The van der Waals surface area contributed by atoms with E-state index < -0.39 is 0 Å². The molecule has 1 heterocycles. The molecule has 2 rings (SSSR count). The van der Waals surface area contributed by atoms with Crippen molar-refractivity contribution >= 4 is 45.6 Å². The van der Waals surface area contributed by atoms with E-state index in [4.69, 9.17) is 27.9 Å². The van der Waals surface area contributed by atoms with Gasteiger partial charge in [-0.1, -0.05) is 30.1 Å². The van der Waals surface area contributed by atoms with Crippen LogP contribution in [0.15, 0.2) is 23.6 Å². The molecule has 1 aromatic heterocycles. The van der Waals surface area contributed by atoms with Gasteiger partial charge in [0.25, 0.3) is 0 Å². The van der Waals surface area contributed by atoms with Gasteiger partial charge in [-0.2, -0.15) is 0 Å². The lowest BCUT2D eigenvalue weighted by Gasteiger charge is -2.18. The average Bonchev–Trinajstić information content (AvgIpc) is 2.99. The second kappa shape index (κ2) is 8.64. The molecular weight excluding hydrogens is 355 g/mol. The Morgan fingerprint density at radius 2 is 2.17 bits per heavy atom. The SMILES string of the molecule is CCCN(C(=O)CCOC)c1nc(-c2ccc(Cl)cc2Cl)cs1. The topological polar surface area (TPSA) is 42.4 Å². The molecular formula is C16H18Cl2N2O2S. The average molecular weight is 373 g/mol. The third-order valence-corrected chi connectivity index (χ3v) is 4.61. The van der Waals surface area contributed by atoms with Crippen LogP contribution in [-0.2, 0) is 9.53 Å². The third-order valence-electron chi connectivity index (χ3n) is 3.20. The van der Waals surface area contributed by atoms with Crippen LogP contribution >= 0.6 is 34.5 Å². The van der Waals surface area contributed by atoms with Gasteiger partial charge in [0.2, 0.25) is 5.91 Å². The van der Waals surface area contributed by atoms with Crippen LogP contribution in [0.5, 0.6) is 0 Å². The quantitative estimate of drug-likeness (QED) is 0.694. The fourth-order valence-corrected chi connectivity index (χ4v) is 3.46. The molecule has 0 aliphatic rings. The van der Waals surface area contributed by atoms with Crippen molar-refractivity contribution in [2.45, 2.75) is 19.8 Å². The van der Waals surface area contributed by atoms with Crippen molar-refractivity contribution in [1.29, 1.82) is 0 Å². The van der Waals surface area contributed by atoms with Crippen molar-refractivity contribution in [3.63, 3.8) is 0 Å². The Labute approximate surface area is 150 Å². The predicted molar refractivity (Wildman–Crippen MR) is 96.7 cm³/mol. The minimum atomic E-state index is 0.0109. The van der Waals surface area contributed by atoms with Gasteiger partial charge in [-0.15, -0.1) is 11.3 Å². The third kappa shape index (κ3) is 4.67. The number of nitrogens with zero attached hydrogens (tertiary/aromatic N) is 2. The Bertz CT molecular complexity index is 676. The zero-order chi connectivity index (χ0) is 16.8. The molecule has 0 saturated heterocycles. The molecule has 4 nitrogen and oxygen atoms in total. The Balaban J connectivity index is 2.25. The standard InChI is InChI=1S/C16H18Cl2N2O2S/c1-3-7-20(15(21)6-8-22-2)16-19-14(10-23-16)12-5-4-11(17)9-13(12)18/h4-5,9-10H,3,6-8H2,1-2H3. The first-order valence-corrected chi connectivity index (χ1v) is 8.90. The summed E-state index contributed by atoms with van der Waals surface area (Å²) < 4.78 is 4.98. The van der Waals surface area contributed by atoms with Gasteiger partial charge in [0.05, 0.1) is 23.7 Å². The monoisotopic (exact) mass is 372 g/mol. The summed E-state index contributed by atoms with van der Waals surface area (Å²) >= 11 is 13.6. The zero-order valence-corrected chi connectivity index (χ0v) is 15.3. The van der Waals surface area contributed by atoms with E-state index >= 15 is 0 Å². The number of hydrogen-bond acceptors (Lipinski definition) is 4. The van der Waals surface area contributed by atoms with Gasteiger partial charge in [0.15, 0.2) is 5.13 Å². The number of halogens is 2. The van der Waals surface area contributed by atoms with E-state index in [-0.39, 0.29) is 5.91 Å². The summed E-state index contributed by atoms with van der Waals surface area (Å²) in [6.07, 6.45) is 1.20. The van der Waals surface area contributed by atoms with Crippen molar-refractivity contribution in [2.24, 2.45) is 0 Å². The van der Waals surface area contributed by atoms with E-state index in [1.165, 1.54) is 11.3 Å². The van der Waals surface area contributed by atoms with Gasteiger partial charge in [0, 0.05) is 29.6 Å². The summed E-state index contributed by atoms with van der Waals surface area (Å²) in [4.78, 5) is 18.6. The smallest absolute Gasteiger partial charge is 0.231 e. The van der Waals surface area contributed by atoms with E-state index in [2.05, 4.69) is 4.98 Å². The minimum Gasteiger partial charge on any atom is -0.384 e. The highest BCUT2D eigenvalue weighted by atomic mass is 35.5. The summed E-state index contributed by atoms with van der Waals surface area (Å²) in [6, 6.07) is 5.29. The van der Waals surface area contributed by atoms with Gasteiger partial charge in [0.1, 0.15) is 0 Å². The summed E-state index contributed by atoms with van der Waals surface area (Å²) in [5, 5.41) is 3.70. The van der Waals surface area contributed by atoms with Gasteiger partial charge >= 0.3 is 0 Å². The Morgan fingerprint density at radius 1 is 1.39 bits per heavy atom. The highest BCUT2D eigenvalue weighted by molar-refractivity contribution is 7.14. The van der Waals surface area contributed by atoms with Gasteiger partial charge < -0.3 is 4.74 Å². The summed E-state index contributed by atoms with van der Waals surface area (Å²) in [5.41, 5.74) is 1.55. The van der Waals surface area contributed by atoms with Crippen LogP contribution in [0.3, 0.4) is 0 Å². The van der Waals surface area contributed by atoms with Crippen LogP contribution < -0.4 is 4.90 Å². The van der Waals surface area contributed by atoms with Crippen molar-refractivity contribution < 1.29 is 9.53 Å². The number of carbonyl (C=O) groups is 1. The maximum absolute atomic E-state index is 12.3. The number of anilines is 1. The van der Waals surface area contributed by atoms with E-state index in [0.29, 0.717) is 34.7 Å². The van der Waals surface area contributed by atoms with Crippen molar-refractivity contribution in [1.82, 2.24) is 4.98 Å². The Morgan fingerprint density at radius 3 is 2.83 bits per heavy atom. The fourth-order valence-electron chi connectivity index (χ4n) is 2.08. The van der Waals surface area contributed by atoms with Crippen molar-refractivity contribution in [3.8, 4) is 11.3 Å². The molecule has 23 heavy (non-hydrogen) atoms. The zero-order valence-electron chi connectivity index (χ0n) is 13.0. The summed E-state index contributed by atoms with van der Waals surface area (Å²) in [6.45, 7) is 3.06. The predicted octanol–water partition coefficient (Wildman–Crippen LogP) is 4.90. The molecule has 1 amide bonds. The molecule has 0 fully saturated rings. The molecule has 2 aromatic rings. The Kier molecular flexibility index (Phi) is 6.84. The first-order chi connectivity index (χ1) is 11.1. The van der Waals surface area contributed by atoms with Crippen molar-refractivity contribution in [2.75, 3.05) is 25.2 Å². The minimum absolute atomic E-state index is 0.0109. The largest absolute Gasteiger partial charge is 0.384 e.